The average molecular weight is 625 g/mol. The monoisotopic (exact) mass is 624 g/mol. The lowest BCUT2D eigenvalue weighted by Crippen LogP contribution is -1.95. The number of nitrogens with zero attached hydrogens (tertiary/aromatic N) is 2. The number of hydrogen-bond acceptors (Lipinski definition) is 3. The fourth-order valence-corrected chi connectivity index (χ4v) is 7.36. The second kappa shape index (κ2) is 11.0. The minimum Gasteiger partial charge on any atom is -0.451 e. The Bertz CT molecular complexity index is 2880. The van der Waals surface area contributed by atoms with Crippen molar-refractivity contribution in [3.8, 4) is 44.9 Å². The van der Waals surface area contributed by atoms with E-state index in [2.05, 4.69) is 170 Å². The maximum atomic E-state index is 6.92. The first-order valence-electron chi connectivity index (χ1n) is 16.6. The zero-order valence-electron chi connectivity index (χ0n) is 26.5. The average Bonchev–Trinajstić information content (AvgIpc) is 3.58. The highest BCUT2D eigenvalue weighted by atomic mass is 16.3. The maximum Gasteiger partial charge on any atom is 0.180 e. The van der Waals surface area contributed by atoms with Crippen molar-refractivity contribution in [1.29, 1.82) is 0 Å². The summed E-state index contributed by atoms with van der Waals surface area (Å²) in [5, 5.41) is 7.82. The Labute approximate surface area is 282 Å². The molecule has 0 unspecified atom stereocenters. The number of aromatic nitrogens is 2. The number of hydrogen-bond donors (Lipinski definition) is 0. The van der Waals surface area contributed by atoms with Gasteiger partial charge in [0.2, 0.25) is 0 Å². The molecule has 0 radical (unpaired) electrons. The van der Waals surface area contributed by atoms with Crippen molar-refractivity contribution in [2.24, 2.45) is 0 Å². The van der Waals surface area contributed by atoms with Crippen LogP contribution in [0.3, 0.4) is 0 Å². The number of benzene rings is 8. The smallest absolute Gasteiger partial charge is 0.180 e. The van der Waals surface area contributed by atoms with Crippen LogP contribution >= 0.6 is 0 Å². The van der Waals surface area contributed by atoms with Gasteiger partial charge >= 0.3 is 0 Å². The Hall–Kier alpha value is -6.58. The van der Waals surface area contributed by atoms with Crippen LogP contribution in [0, 0.1) is 0 Å². The summed E-state index contributed by atoms with van der Waals surface area (Å²) in [6.45, 7) is 0. The quantitative estimate of drug-likeness (QED) is 0.183. The highest BCUT2D eigenvalue weighted by Crippen LogP contribution is 2.44. The standard InChI is InChI=1S/C46H28N2O/c1-2-13-29(14-3-1)31-17-10-18-32(27-31)33-19-11-20-34(28-33)46-47-42(39-26-12-16-30-15-4-5-21-35(30)39)45-43(48-46)41-38-24-8-6-22-36(38)37-23-7-9-25-40(37)44(41)49-45/h1-28H. The molecule has 228 valence electrons. The molecule has 10 aromatic rings. The van der Waals surface area contributed by atoms with Crippen molar-refractivity contribution < 1.29 is 4.42 Å². The normalized spacial score (nSPS) is 11.7. The lowest BCUT2D eigenvalue weighted by atomic mass is 9.97. The largest absolute Gasteiger partial charge is 0.451 e. The molecule has 2 aromatic heterocycles. The Morgan fingerprint density at radius 1 is 0.367 bits per heavy atom. The molecule has 0 atom stereocenters. The van der Waals surface area contributed by atoms with Crippen molar-refractivity contribution in [1.82, 2.24) is 9.97 Å². The minimum absolute atomic E-state index is 0.663. The summed E-state index contributed by atoms with van der Waals surface area (Å²) in [5.41, 5.74) is 9.75. The molecular formula is C46H28N2O. The van der Waals surface area contributed by atoms with Crippen molar-refractivity contribution in [2.75, 3.05) is 0 Å². The first-order chi connectivity index (χ1) is 24.3. The van der Waals surface area contributed by atoms with Gasteiger partial charge in [0.05, 0.1) is 5.39 Å². The number of rotatable bonds is 4. The molecule has 0 aliphatic heterocycles. The molecule has 0 N–H and O–H groups in total. The molecule has 3 nitrogen and oxygen atoms in total. The summed E-state index contributed by atoms with van der Waals surface area (Å²) in [7, 11) is 0. The molecule has 3 heteroatoms. The fraction of sp³-hybridized carbons (Fsp3) is 0. The molecule has 2 heterocycles. The Morgan fingerprint density at radius 3 is 1.67 bits per heavy atom. The third-order valence-corrected chi connectivity index (χ3v) is 9.66. The van der Waals surface area contributed by atoms with Gasteiger partial charge in [-0.25, -0.2) is 9.97 Å². The lowest BCUT2D eigenvalue weighted by Gasteiger charge is -2.11. The van der Waals surface area contributed by atoms with E-state index < -0.39 is 0 Å². The fourth-order valence-electron chi connectivity index (χ4n) is 7.36. The van der Waals surface area contributed by atoms with Gasteiger partial charge in [-0.3, -0.25) is 0 Å². The Kier molecular flexibility index (Phi) is 6.18. The second-order valence-electron chi connectivity index (χ2n) is 12.5. The summed E-state index contributed by atoms with van der Waals surface area (Å²) in [6, 6.07) is 59.7. The maximum absolute atomic E-state index is 6.92. The first-order valence-corrected chi connectivity index (χ1v) is 16.6. The van der Waals surface area contributed by atoms with Crippen LogP contribution in [-0.4, -0.2) is 9.97 Å². The van der Waals surface area contributed by atoms with E-state index >= 15 is 0 Å². The van der Waals surface area contributed by atoms with Crippen LogP contribution < -0.4 is 0 Å². The topological polar surface area (TPSA) is 38.9 Å². The van der Waals surface area contributed by atoms with Crippen LogP contribution in [-0.2, 0) is 0 Å². The van der Waals surface area contributed by atoms with Gasteiger partial charge < -0.3 is 4.42 Å². The first kappa shape index (κ1) is 27.5. The van der Waals surface area contributed by atoms with E-state index in [1.54, 1.807) is 0 Å². The molecule has 0 saturated heterocycles. The zero-order valence-corrected chi connectivity index (χ0v) is 26.5. The van der Waals surface area contributed by atoms with Gasteiger partial charge in [0, 0.05) is 16.5 Å². The van der Waals surface area contributed by atoms with E-state index in [1.165, 1.54) is 16.5 Å². The van der Waals surface area contributed by atoms with Crippen molar-refractivity contribution in [3.05, 3.63) is 170 Å². The van der Waals surface area contributed by atoms with Crippen LogP contribution in [0.5, 0.6) is 0 Å². The predicted octanol–water partition coefficient (Wildman–Crippen LogP) is 12.5. The van der Waals surface area contributed by atoms with Crippen LogP contribution in [0.15, 0.2) is 174 Å². The summed E-state index contributed by atoms with van der Waals surface area (Å²) < 4.78 is 6.92. The SMILES string of the molecule is c1ccc(-c2cccc(-c3cccc(-c4nc(-c5cccc6ccccc56)c5oc6c7ccccc7c7ccccc7c6c5n4)c3)c2)cc1. The Balaban J connectivity index is 1.27. The lowest BCUT2D eigenvalue weighted by molar-refractivity contribution is 0.671. The molecule has 0 bridgehead atoms. The van der Waals surface area contributed by atoms with E-state index in [9.17, 15) is 0 Å². The highest BCUT2D eigenvalue weighted by Gasteiger charge is 2.23. The van der Waals surface area contributed by atoms with Crippen molar-refractivity contribution in [3.63, 3.8) is 0 Å². The molecule has 0 amide bonds. The highest BCUT2D eigenvalue weighted by molar-refractivity contribution is 6.30. The summed E-state index contributed by atoms with van der Waals surface area (Å²) in [6.07, 6.45) is 0. The van der Waals surface area contributed by atoms with Crippen LogP contribution in [0.1, 0.15) is 0 Å². The summed E-state index contributed by atoms with van der Waals surface area (Å²) in [4.78, 5) is 10.7. The van der Waals surface area contributed by atoms with E-state index in [0.29, 0.717) is 11.4 Å². The van der Waals surface area contributed by atoms with Crippen molar-refractivity contribution >= 4 is 54.4 Å². The van der Waals surface area contributed by atoms with Crippen LogP contribution in [0.4, 0.5) is 0 Å². The van der Waals surface area contributed by atoms with Gasteiger partial charge in [0.25, 0.3) is 0 Å². The van der Waals surface area contributed by atoms with Gasteiger partial charge in [0.1, 0.15) is 16.8 Å². The van der Waals surface area contributed by atoms with Gasteiger partial charge in [0.15, 0.2) is 11.4 Å². The van der Waals surface area contributed by atoms with Gasteiger partial charge in [-0.15, -0.1) is 0 Å². The number of fused-ring (bicyclic) bond motifs is 9. The molecule has 0 spiro atoms. The molecule has 8 aromatic carbocycles. The number of furan rings is 1. The summed E-state index contributed by atoms with van der Waals surface area (Å²) >= 11 is 0. The van der Waals surface area contributed by atoms with Crippen LogP contribution in [0.25, 0.3) is 99.3 Å². The molecule has 0 fully saturated rings. The molecule has 10 rings (SSSR count). The third kappa shape index (κ3) is 4.44. The van der Waals surface area contributed by atoms with E-state index in [-0.39, 0.29) is 0 Å². The second-order valence-corrected chi connectivity index (χ2v) is 12.5. The Morgan fingerprint density at radius 2 is 0.898 bits per heavy atom. The van der Waals surface area contributed by atoms with Gasteiger partial charge in [-0.2, -0.15) is 0 Å². The molecular weight excluding hydrogens is 597 g/mol. The van der Waals surface area contributed by atoms with Crippen molar-refractivity contribution in [2.45, 2.75) is 0 Å². The summed E-state index contributed by atoms with van der Waals surface area (Å²) in [5.74, 6) is 0.663. The molecule has 0 aliphatic rings. The third-order valence-electron chi connectivity index (χ3n) is 9.66. The van der Waals surface area contributed by atoms with Gasteiger partial charge in [-0.05, 0) is 61.3 Å². The molecule has 0 aliphatic carbocycles. The minimum atomic E-state index is 0.663. The van der Waals surface area contributed by atoms with E-state index in [1.807, 2.05) is 0 Å². The predicted molar refractivity (Wildman–Crippen MR) is 204 cm³/mol. The van der Waals surface area contributed by atoms with Crippen LogP contribution in [0.2, 0.25) is 0 Å². The van der Waals surface area contributed by atoms with Gasteiger partial charge in [-0.1, -0.05) is 158 Å². The zero-order chi connectivity index (χ0) is 32.3. The molecule has 0 saturated carbocycles. The van der Waals surface area contributed by atoms with E-state index in [0.717, 1.165) is 71.4 Å². The molecule has 49 heavy (non-hydrogen) atoms. The van der Waals surface area contributed by atoms with E-state index in [4.69, 9.17) is 14.4 Å².